The van der Waals surface area contributed by atoms with Crippen molar-refractivity contribution in [2.24, 2.45) is 5.92 Å². The molecule has 2 atom stereocenters. The highest BCUT2D eigenvalue weighted by molar-refractivity contribution is 7.91. The maximum absolute atomic E-state index is 12.6. The molecule has 1 aromatic carbocycles. The standard InChI is InChI=1S/C15H16ClNO2S2/c1-11-9-17(10-13(11)12-5-3-2-4-6-12)21(18,19)15-8-7-14(16)20-15/h2-8,11,13H,9-10H2,1H3. The van der Waals surface area contributed by atoms with Crippen LogP contribution in [0.4, 0.5) is 0 Å². The van der Waals surface area contributed by atoms with Crippen molar-refractivity contribution in [3.8, 4) is 0 Å². The minimum atomic E-state index is -3.42. The summed E-state index contributed by atoms with van der Waals surface area (Å²) in [5.41, 5.74) is 1.20. The third-order valence-electron chi connectivity index (χ3n) is 3.95. The molecule has 0 amide bonds. The highest BCUT2D eigenvalue weighted by Crippen LogP contribution is 2.37. The van der Waals surface area contributed by atoms with Crippen molar-refractivity contribution in [3.05, 3.63) is 52.4 Å². The molecular weight excluding hydrogens is 326 g/mol. The predicted molar refractivity (Wildman–Crippen MR) is 86.4 cm³/mol. The normalized spacial score (nSPS) is 23.5. The van der Waals surface area contributed by atoms with Gasteiger partial charge < -0.3 is 0 Å². The van der Waals surface area contributed by atoms with E-state index in [0.29, 0.717) is 27.6 Å². The molecule has 0 bridgehead atoms. The summed E-state index contributed by atoms with van der Waals surface area (Å²) in [6, 6.07) is 13.3. The van der Waals surface area contributed by atoms with Gasteiger partial charge in [0.05, 0.1) is 4.34 Å². The number of sulfonamides is 1. The Labute approximate surface area is 134 Å². The monoisotopic (exact) mass is 341 g/mol. The van der Waals surface area contributed by atoms with Gasteiger partial charge in [-0.2, -0.15) is 4.31 Å². The molecule has 6 heteroatoms. The van der Waals surface area contributed by atoms with E-state index in [1.807, 2.05) is 18.2 Å². The highest BCUT2D eigenvalue weighted by Gasteiger charge is 2.38. The van der Waals surface area contributed by atoms with Crippen molar-refractivity contribution in [2.45, 2.75) is 17.1 Å². The van der Waals surface area contributed by atoms with Gasteiger partial charge in [-0.25, -0.2) is 8.42 Å². The van der Waals surface area contributed by atoms with Crippen LogP contribution in [0.15, 0.2) is 46.7 Å². The van der Waals surface area contributed by atoms with Crippen LogP contribution in [0, 0.1) is 5.92 Å². The first-order chi connectivity index (χ1) is 9.98. The number of halogens is 1. The topological polar surface area (TPSA) is 37.4 Å². The molecule has 1 aliphatic heterocycles. The zero-order valence-electron chi connectivity index (χ0n) is 11.6. The molecule has 1 aliphatic rings. The van der Waals surface area contributed by atoms with Gasteiger partial charge in [-0.15, -0.1) is 11.3 Å². The van der Waals surface area contributed by atoms with Crippen molar-refractivity contribution < 1.29 is 8.42 Å². The zero-order valence-corrected chi connectivity index (χ0v) is 14.0. The van der Waals surface area contributed by atoms with E-state index < -0.39 is 10.0 Å². The predicted octanol–water partition coefficient (Wildman–Crippen LogP) is 3.83. The Kier molecular flexibility index (Phi) is 4.10. The molecule has 1 fully saturated rings. The largest absolute Gasteiger partial charge is 0.252 e. The number of nitrogens with zero attached hydrogens (tertiary/aromatic N) is 1. The number of hydrogen-bond donors (Lipinski definition) is 0. The lowest BCUT2D eigenvalue weighted by Crippen LogP contribution is -2.28. The first kappa shape index (κ1) is 15.0. The van der Waals surface area contributed by atoms with Gasteiger partial charge in [-0.1, -0.05) is 48.9 Å². The molecular formula is C15H16ClNO2S2. The molecule has 112 valence electrons. The Balaban J connectivity index is 1.86. The molecule has 2 unspecified atom stereocenters. The molecule has 2 heterocycles. The van der Waals surface area contributed by atoms with Gasteiger partial charge in [-0.3, -0.25) is 0 Å². The average Bonchev–Trinajstić information content (AvgIpc) is 3.07. The summed E-state index contributed by atoms with van der Waals surface area (Å²) in [7, 11) is -3.42. The van der Waals surface area contributed by atoms with Crippen LogP contribution in [-0.4, -0.2) is 25.8 Å². The van der Waals surface area contributed by atoms with E-state index in [1.54, 1.807) is 16.4 Å². The molecule has 1 aromatic heterocycles. The second kappa shape index (κ2) is 5.72. The molecule has 2 aromatic rings. The Bertz CT molecular complexity index is 727. The van der Waals surface area contributed by atoms with Gasteiger partial charge in [0.25, 0.3) is 10.0 Å². The highest BCUT2D eigenvalue weighted by atomic mass is 35.5. The lowest BCUT2D eigenvalue weighted by molar-refractivity contribution is 0.466. The second-order valence-corrected chi connectivity index (χ2v) is 9.25. The first-order valence-corrected chi connectivity index (χ1v) is 9.42. The second-order valence-electron chi connectivity index (χ2n) is 5.38. The average molecular weight is 342 g/mol. The first-order valence-electron chi connectivity index (χ1n) is 6.79. The molecule has 0 spiro atoms. The number of thiophene rings is 1. The maximum atomic E-state index is 12.6. The lowest BCUT2D eigenvalue weighted by atomic mass is 9.90. The summed E-state index contributed by atoms with van der Waals surface area (Å²) in [6.07, 6.45) is 0. The minimum Gasteiger partial charge on any atom is -0.206 e. The summed E-state index contributed by atoms with van der Waals surface area (Å²) in [5, 5.41) is 0. The van der Waals surface area contributed by atoms with Gasteiger partial charge in [0.2, 0.25) is 0 Å². The molecule has 0 radical (unpaired) electrons. The Morgan fingerprint density at radius 3 is 2.48 bits per heavy atom. The number of rotatable bonds is 3. The Morgan fingerprint density at radius 2 is 1.86 bits per heavy atom. The lowest BCUT2D eigenvalue weighted by Gasteiger charge is -2.15. The summed E-state index contributed by atoms with van der Waals surface area (Å²) in [4.78, 5) is 0. The van der Waals surface area contributed by atoms with Crippen LogP contribution in [-0.2, 0) is 10.0 Å². The van der Waals surface area contributed by atoms with Crippen LogP contribution < -0.4 is 0 Å². The third-order valence-corrected chi connectivity index (χ3v) is 7.48. The van der Waals surface area contributed by atoms with Gasteiger partial charge in [0.1, 0.15) is 4.21 Å². The van der Waals surface area contributed by atoms with Crippen LogP contribution in [0.1, 0.15) is 18.4 Å². The molecule has 0 N–H and O–H groups in total. The summed E-state index contributed by atoms with van der Waals surface area (Å²) < 4.78 is 27.7. The molecule has 0 aliphatic carbocycles. The molecule has 0 saturated carbocycles. The van der Waals surface area contributed by atoms with Crippen molar-refractivity contribution >= 4 is 33.0 Å². The van der Waals surface area contributed by atoms with Crippen LogP contribution in [0.3, 0.4) is 0 Å². The van der Waals surface area contributed by atoms with Crippen molar-refractivity contribution in [3.63, 3.8) is 0 Å². The van der Waals surface area contributed by atoms with Gasteiger partial charge in [-0.05, 0) is 23.6 Å². The van der Waals surface area contributed by atoms with Gasteiger partial charge in [0.15, 0.2) is 0 Å². The number of benzene rings is 1. The number of hydrogen-bond acceptors (Lipinski definition) is 3. The molecule has 1 saturated heterocycles. The molecule has 3 nitrogen and oxygen atoms in total. The van der Waals surface area contributed by atoms with E-state index in [-0.39, 0.29) is 5.92 Å². The van der Waals surface area contributed by atoms with E-state index in [4.69, 9.17) is 11.6 Å². The van der Waals surface area contributed by atoms with E-state index in [1.165, 1.54) is 5.56 Å². The Hall–Kier alpha value is -0.880. The fraction of sp³-hybridized carbons (Fsp3) is 0.333. The van der Waals surface area contributed by atoms with Crippen LogP contribution in [0.5, 0.6) is 0 Å². The molecule has 3 rings (SSSR count). The van der Waals surface area contributed by atoms with Gasteiger partial charge in [0, 0.05) is 19.0 Å². The Morgan fingerprint density at radius 1 is 1.14 bits per heavy atom. The van der Waals surface area contributed by atoms with E-state index in [9.17, 15) is 8.42 Å². The van der Waals surface area contributed by atoms with Crippen LogP contribution in [0.2, 0.25) is 4.34 Å². The fourth-order valence-electron chi connectivity index (χ4n) is 2.82. The van der Waals surface area contributed by atoms with E-state index in [2.05, 4.69) is 19.1 Å². The SMILES string of the molecule is CC1CN(S(=O)(=O)c2ccc(Cl)s2)CC1c1ccccc1. The van der Waals surface area contributed by atoms with Gasteiger partial charge >= 0.3 is 0 Å². The summed E-state index contributed by atoms with van der Waals surface area (Å²) >= 11 is 6.98. The fourth-order valence-corrected chi connectivity index (χ4v) is 6.02. The van der Waals surface area contributed by atoms with Crippen molar-refractivity contribution in [1.82, 2.24) is 4.31 Å². The summed E-state index contributed by atoms with van der Waals surface area (Å²) in [6.45, 7) is 3.19. The zero-order chi connectivity index (χ0) is 15.0. The van der Waals surface area contributed by atoms with Crippen LogP contribution in [0.25, 0.3) is 0 Å². The van der Waals surface area contributed by atoms with Crippen molar-refractivity contribution in [1.29, 1.82) is 0 Å². The van der Waals surface area contributed by atoms with Crippen molar-refractivity contribution in [2.75, 3.05) is 13.1 Å². The van der Waals surface area contributed by atoms with E-state index >= 15 is 0 Å². The maximum Gasteiger partial charge on any atom is 0.252 e. The summed E-state index contributed by atoms with van der Waals surface area (Å²) in [5.74, 6) is 0.550. The quantitative estimate of drug-likeness (QED) is 0.851. The third kappa shape index (κ3) is 2.88. The molecule has 21 heavy (non-hydrogen) atoms. The minimum absolute atomic E-state index is 0.247. The smallest absolute Gasteiger partial charge is 0.206 e. The van der Waals surface area contributed by atoms with Crippen LogP contribution >= 0.6 is 22.9 Å². The van der Waals surface area contributed by atoms with E-state index in [0.717, 1.165) is 11.3 Å².